The minimum atomic E-state index is -0.230. The topological polar surface area (TPSA) is 55.1 Å². The van der Waals surface area contributed by atoms with E-state index in [1.165, 1.54) is 0 Å². The van der Waals surface area contributed by atoms with Crippen LogP contribution in [0.1, 0.15) is 21.5 Å². The summed E-state index contributed by atoms with van der Waals surface area (Å²) in [5, 5.41) is 2.68. The van der Waals surface area contributed by atoms with Crippen molar-refractivity contribution in [1.29, 1.82) is 0 Å². The monoisotopic (exact) mass is 266 g/mol. The number of oxazole rings is 1. The first-order valence-corrected chi connectivity index (χ1v) is 6.37. The molecule has 20 heavy (non-hydrogen) atoms. The highest BCUT2D eigenvalue weighted by Crippen LogP contribution is 2.23. The van der Waals surface area contributed by atoms with Gasteiger partial charge >= 0.3 is 6.01 Å². The largest absolute Gasteiger partial charge is 0.423 e. The number of rotatable bonds is 2. The first kappa shape index (κ1) is 12.4. The molecule has 1 aromatic heterocycles. The van der Waals surface area contributed by atoms with Gasteiger partial charge in [-0.3, -0.25) is 10.1 Å². The van der Waals surface area contributed by atoms with Gasteiger partial charge in [-0.25, -0.2) is 0 Å². The first-order chi connectivity index (χ1) is 9.63. The van der Waals surface area contributed by atoms with E-state index in [-0.39, 0.29) is 11.9 Å². The molecule has 2 aromatic carbocycles. The van der Waals surface area contributed by atoms with Gasteiger partial charge in [-0.2, -0.15) is 4.98 Å². The van der Waals surface area contributed by atoms with Crippen LogP contribution in [0.5, 0.6) is 0 Å². The Hall–Kier alpha value is -2.62. The summed E-state index contributed by atoms with van der Waals surface area (Å²) in [6.45, 7) is 3.97. The summed E-state index contributed by atoms with van der Waals surface area (Å²) < 4.78 is 5.58. The zero-order chi connectivity index (χ0) is 14.1. The van der Waals surface area contributed by atoms with Crippen LogP contribution >= 0.6 is 0 Å². The van der Waals surface area contributed by atoms with Crippen LogP contribution in [0.15, 0.2) is 46.9 Å². The second kappa shape index (κ2) is 4.81. The third-order valence-electron chi connectivity index (χ3n) is 3.09. The number of hydrogen-bond acceptors (Lipinski definition) is 3. The summed E-state index contributed by atoms with van der Waals surface area (Å²) in [6.07, 6.45) is 0. The number of amides is 1. The molecule has 100 valence electrons. The van der Waals surface area contributed by atoms with Crippen molar-refractivity contribution in [3.63, 3.8) is 0 Å². The fourth-order valence-corrected chi connectivity index (χ4v) is 2.18. The number of fused-ring (bicyclic) bond motifs is 1. The van der Waals surface area contributed by atoms with E-state index in [1.54, 1.807) is 12.1 Å². The Balaban J connectivity index is 1.92. The second-order valence-corrected chi connectivity index (χ2v) is 4.77. The number of nitrogens with one attached hydrogen (secondary N) is 1. The van der Waals surface area contributed by atoms with Crippen LogP contribution in [0, 0.1) is 13.8 Å². The third-order valence-corrected chi connectivity index (χ3v) is 3.09. The Labute approximate surface area is 116 Å². The van der Waals surface area contributed by atoms with Crippen molar-refractivity contribution < 1.29 is 9.21 Å². The number of aryl methyl sites for hydroxylation is 2. The van der Waals surface area contributed by atoms with E-state index < -0.39 is 0 Å². The van der Waals surface area contributed by atoms with Crippen LogP contribution in [0.2, 0.25) is 0 Å². The average molecular weight is 266 g/mol. The molecule has 1 N–H and O–H groups in total. The van der Waals surface area contributed by atoms with E-state index in [0.29, 0.717) is 11.1 Å². The fraction of sp³-hybridized carbons (Fsp3) is 0.125. The van der Waals surface area contributed by atoms with Gasteiger partial charge in [0.05, 0.1) is 0 Å². The molecule has 0 spiro atoms. The lowest BCUT2D eigenvalue weighted by Crippen LogP contribution is -2.11. The lowest BCUT2D eigenvalue weighted by molar-refractivity contribution is 0.102. The maximum atomic E-state index is 12.0. The van der Waals surface area contributed by atoms with Gasteiger partial charge in [0.15, 0.2) is 5.58 Å². The number of aromatic nitrogens is 1. The number of hydrogen-bond donors (Lipinski definition) is 1. The number of anilines is 1. The summed E-state index contributed by atoms with van der Waals surface area (Å²) >= 11 is 0. The van der Waals surface area contributed by atoms with E-state index >= 15 is 0 Å². The average Bonchev–Trinajstić information content (AvgIpc) is 2.82. The van der Waals surface area contributed by atoms with E-state index in [4.69, 9.17) is 4.42 Å². The fourth-order valence-electron chi connectivity index (χ4n) is 2.18. The molecule has 3 rings (SSSR count). The molecule has 4 heteroatoms. The van der Waals surface area contributed by atoms with Gasteiger partial charge in [0, 0.05) is 5.56 Å². The van der Waals surface area contributed by atoms with Crippen LogP contribution in [0.3, 0.4) is 0 Å². The molecule has 0 aliphatic heterocycles. The van der Waals surface area contributed by atoms with Crippen LogP contribution in [-0.4, -0.2) is 10.9 Å². The highest BCUT2D eigenvalue weighted by Gasteiger charge is 2.12. The summed E-state index contributed by atoms with van der Waals surface area (Å²) in [6, 6.07) is 13.1. The number of carbonyl (C=O) groups is 1. The zero-order valence-corrected chi connectivity index (χ0v) is 11.3. The van der Waals surface area contributed by atoms with Crippen LogP contribution in [0.4, 0.5) is 6.01 Å². The lowest BCUT2D eigenvalue weighted by Gasteiger charge is -1.99. The molecular weight excluding hydrogens is 252 g/mol. The Morgan fingerprint density at radius 1 is 1.15 bits per heavy atom. The van der Waals surface area contributed by atoms with Crippen LogP contribution in [-0.2, 0) is 0 Å². The molecule has 0 aliphatic rings. The Bertz CT molecular complexity index is 776. The van der Waals surface area contributed by atoms with Gasteiger partial charge in [0.2, 0.25) is 0 Å². The minimum absolute atomic E-state index is 0.225. The molecule has 0 saturated heterocycles. The van der Waals surface area contributed by atoms with Crippen molar-refractivity contribution in [2.24, 2.45) is 0 Å². The Kier molecular flexibility index (Phi) is 2.99. The van der Waals surface area contributed by atoms with Gasteiger partial charge in [0.25, 0.3) is 5.91 Å². The quantitative estimate of drug-likeness (QED) is 0.769. The molecule has 0 aliphatic carbocycles. The van der Waals surface area contributed by atoms with Crippen LogP contribution < -0.4 is 5.32 Å². The maximum Gasteiger partial charge on any atom is 0.302 e. The van der Waals surface area contributed by atoms with Crippen molar-refractivity contribution >= 4 is 23.0 Å². The predicted molar refractivity (Wildman–Crippen MR) is 77.9 cm³/mol. The predicted octanol–water partition coefficient (Wildman–Crippen LogP) is 3.70. The Morgan fingerprint density at radius 2 is 1.90 bits per heavy atom. The third kappa shape index (κ3) is 2.28. The summed E-state index contributed by atoms with van der Waals surface area (Å²) in [5.41, 5.74) is 4.17. The van der Waals surface area contributed by atoms with Crippen molar-refractivity contribution in [3.05, 3.63) is 59.2 Å². The molecule has 4 nitrogen and oxygen atoms in total. The number of nitrogens with zero attached hydrogens (tertiary/aromatic N) is 1. The van der Waals surface area contributed by atoms with E-state index in [9.17, 15) is 4.79 Å². The molecule has 1 heterocycles. The highest BCUT2D eigenvalue weighted by molar-refractivity contribution is 6.03. The minimum Gasteiger partial charge on any atom is -0.423 e. The Morgan fingerprint density at radius 3 is 2.65 bits per heavy atom. The molecule has 0 unspecified atom stereocenters. The smallest absolute Gasteiger partial charge is 0.302 e. The highest BCUT2D eigenvalue weighted by atomic mass is 16.4. The SMILES string of the molecule is Cc1cc(C)c2nc(NC(=O)c3ccccc3)oc2c1. The molecule has 1 amide bonds. The van der Waals surface area contributed by atoms with Gasteiger partial charge in [-0.15, -0.1) is 0 Å². The molecule has 0 radical (unpaired) electrons. The molecule has 0 bridgehead atoms. The van der Waals surface area contributed by atoms with Crippen LogP contribution in [0.25, 0.3) is 11.1 Å². The summed E-state index contributed by atoms with van der Waals surface area (Å²) in [7, 11) is 0. The number of benzene rings is 2. The normalized spacial score (nSPS) is 10.7. The zero-order valence-electron chi connectivity index (χ0n) is 11.3. The molecule has 0 fully saturated rings. The van der Waals surface area contributed by atoms with E-state index in [2.05, 4.69) is 10.3 Å². The lowest BCUT2D eigenvalue weighted by atomic mass is 10.1. The molecule has 3 aromatic rings. The van der Waals surface area contributed by atoms with E-state index in [1.807, 2.05) is 44.2 Å². The van der Waals surface area contributed by atoms with Crippen molar-refractivity contribution in [1.82, 2.24) is 4.98 Å². The first-order valence-electron chi connectivity index (χ1n) is 6.37. The standard InChI is InChI=1S/C16H14N2O2/c1-10-8-11(2)14-13(9-10)20-16(17-14)18-15(19)12-6-4-3-5-7-12/h3-9H,1-2H3,(H,17,18,19). The molecule has 0 atom stereocenters. The maximum absolute atomic E-state index is 12.0. The summed E-state index contributed by atoms with van der Waals surface area (Å²) in [5.74, 6) is -0.230. The van der Waals surface area contributed by atoms with Crippen molar-refractivity contribution in [2.45, 2.75) is 13.8 Å². The molecule has 0 saturated carbocycles. The van der Waals surface area contributed by atoms with Gasteiger partial charge in [-0.1, -0.05) is 24.3 Å². The van der Waals surface area contributed by atoms with Gasteiger partial charge in [-0.05, 0) is 43.2 Å². The van der Waals surface area contributed by atoms with Gasteiger partial charge in [0.1, 0.15) is 5.52 Å². The van der Waals surface area contributed by atoms with Crippen molar-refractivity contribution in [3.8, 4) is 0 Å². The second-order valence-electron chi connectivity index (χ2n) is 4.77. The van der Waals surface area contributed by atoms with Gasteiger partial charge < -0.3 is 4.42 Å². The summed E-state index contributed by atoms with van der Waals surface area (Å²) in [4.78, 5) is 16.4. The number of carbonyl (C=O) groups excluding carboxylic acids is 1. The van der Waals surface area contributed by atoms with E-state index in [0.717, 1.165) is 16.6 Å². The molecular formula is C16H14N2O2. The van der Waals surface area contributed by atoms with Crippen molar-refractivity contribution in [2.75, 3.05) is 5.32 Å².